The van der Waals surface area contributed by atoms with E-state index in [1.54, 1.807) is 19.1 Å². The standard InChI is InChI=1S/C15H13Cl2N3O3/c1-9(11-6-10(16)7-12(17)15(11)23)18-19-13(21)8-20-5-3-2-4-14(20)22/h2-7,23H,8H2,1H3,(H,19,21)/b18-9+. The van der Waals surface area contributed by atoms with Crippen molar-refractivity contribution in [2.45, 2.75) is 13.5 Å². The third kappa shape index (κ3) is 4.34. The summed E-state index contributed by atoms with van der Waals surface area (Å²) in [5, 5.41) is 14.2. The van der Waals surface area contributed by atoms with Crippen molar-refractivity contribution in [1.82, 2.24) is 9.99 Å². The van der Waals surface area contributed by atoms with Crippen molar-refractivity contribution >= 4 is 34.8 Å². The molecule has 1 heterocycles. The van der Waals surface area contributed by atoms with E-state index in [9.17, 15) is 14.7 Å². The monoisotopic (exact) mass is 353 g/mol. The first kappa shape index (κ1) is 17.1. The zero-order valence-corrected chi connectivity index (χ0v) is 13.6. The number of carbonyl (C=O) groups is 1. The van der Waals surface area contributed by atoms with Crippen LogP contribution in [0.4, 0.5) is 0 Å². The maximum absolute atomic E-state index is 11.8. The fraction of sp³-hybridized carbons (Fsp3) is 0.133. The summed E-state index contributed by atoms with van der Waals surface area (Å²) in [6.07, 6.45) is 1.50. The summed E-state index contributed by atoms with van der Waals surface area (Å²) in [6, 6.07) is 7.47. The molecule has 0 bridgehead atoms. The lowest BCUT2D eigenvalue weighted by atomic mass is 10.1. The summed E-state index contributed by atoms with van der Waals surface area (Å²) in [7, 11) is 0. The van der Waals surface area contributed by atoms with Gasteiger partial charge in [-0.2, -0.15) is 5.10 Å². The fourth-order valence-electron chi connectivity index (χ4n) is 1.83. The SMILES string of the molecule is C/C(=N\NC(=O)Cn1ccccc1=O)c1cc(Cl)cc(Cl)c1O. The van der Waals surface area contributed by atoms with Gasteiger partial charge in [-0.15, -0.1) is 0 Å². The van der Waals surface area contributed by atoms with Crippen LogP contribution in [-0.2, 0) is 11.3 Å². The summed E-state index contributed by atoms with van der Waals surface area (Å²) in [5.41, 5.74) is 2.65. The van der Waals surface area contributed by atoms with Crippen LogP contribution in [-0.4, -0.2) is 21.3 Å². The zero-order chi connectivity index (χ0) is 17.0. The number of carbonyl (C=O) groups excluding carboxylic acids is 1. The van der Waals surface area contributed by atoms with Gasteiger partial charge in [0.1, 0.15) is 12.3 Å². The first-order chi connectivity index (χ1) is 10.9. The Morgan fingerprint density at radius 2 is 2.09 bits per heavy atom. The Morgan fingerprint density at radius 1 is 1.35 bits per heavy atom. The first-order valence-corrected chi connectivity index (χ1v) is 7.31. The number of benzene rings is 1. The highest BCUT2D eigenvalue weighted by atomic mass is 35.5. The summed E-state index contributed by atoms with van der Waals surface area (Å²) < 4.78 is 1.24. The highest BCUT2D eigenvalue weighted by Gasteiger charge is 2.11. The molecule has 0 unspecified atom stereocenters. The van der Waals surface area contributed by atoms with Gasteiger partial charge in [-0.1, -0.05) is 29.3 Å². The van der Waals surface area contributed by atoms with E-state index in [2.05, 4.69) is 10.5 Å². The van der Waals surface area contributed by atoms with Crippen molar-refractivity contribution < 1.29 is 9.90 Å². The fourth-order valence-corrected chi connectivity index (χ4v) is 2.32. The molecule has 2 N–H and O–H groups in total. The Kier molecular flexibility index (Phi) is 5.41. The van der Waals surface area contributed by atoms with Gasteiger partial charge in [0.15, 0.2) is 0 Å². The average Bonchev–Trinajstić information content (AvgIpc) is 2.50. The summed E-state index contributed by atoms with van der Waals surface area (Å²) in [6.45, 7) is 1.41. The molecule has 0 aliphatic rings. The van der Waals surface area contributed by atoms with E-state index in [1.807, 2.05) is 0 Å². The molecule has 0 saturated heterocycles. The van der Waals surface area contributed by atoms with Crippen LogP contribution < -0.4 is 11.0 Å². The second-order valence-electron chi connectivity index (χ2n) is 4.68. The number of halogens is 2. The van der Waals surface area contributed by atoms with Crippen LogP contribution in [0.2, 0.25) is 10.0 Å². The summed E-state index contributed by atoms with van der Waals surface area (Å²) >= 11 is 11.7. The van der Waals surface area contributed by atoms with Crippen molar-refractivity contribution in [2.24, 2.45) is 5.10 Å². The van der Waals surface area contributed by atoms with Gasteiger partial charge in [-0.05, 0) is 25.1 Å². The number of aromatic hydroxyl groups is 1. The second-order valence-corrected chi connectivity index (χ2v) is 5.53. The Morgan fingerprint density at radius 3 is 2.78 bits per heavy atom. The van der Waals surface area contributed by atoms with Crippen LogP contribution in [0.5, 0.6) is 5.75 Å². The van der Waals surface area contributed by atoms with Crippen LogP contribution in [0.1, 0.15) is 12.5 Å². The Bertz CT molecular complexity index is 831. The number of hydrogen-bond acceptors (Lipinski definition) is 4. The number of hydrazone groups is 1. The largest absolute Gasteiger partial charge is 0.506 e. The van der Waals surface area contributed by atoms with Crippen molar-refractivity contribution in [3.8, 4) is 5.75 Å². The third-order valence-corrected chi connectivity index (χ3v) is 3.49. The lowest BCUT2D eigenvalue weighted by molar-refractivity contribution is -0.121. The molecule has 0 aliphatic carbocycles. The van der Waals surface area contributed by atoms with Crippen molar-refractivity contribution in [3.05, 3.63) is 62.5 Å². The number of pyridine rings is 1. The van der Waals surface area contributed by atoms with E-state index in [-0.39, 0.29) is 22.9 Å². The molecule has 23 heavy (non-hydrogen) atoms. The van der Waals surface area contributed by atoms with Crippen LogP contribution in [0.15, 0.2) is 46.4 Å². The molecule has 0 saturated carbocycles. The maximum atomic E-state index is 11.8. The third-order valence-electron chi connectivity index (χ3n) is 2.98. The molecule has 2 aromatic rings. The minimum atomic E-state index is -0.481. The highest BCUT2D eigenvalue weighted by Crippen LogP contribution is 2.31. The number of phenolic OH excluding ortho intramolecular Hbond substituents is 1. The quantitative estimate of drug-likeness (QED) is 0.653. The molecule has 8 heteroatoms. The maximum Gasteiger partial charge on any atom is 0.260 e. The Labute approximate surface area is 142 Å². The van der Waals surface area contributed by atoms with E-state index in [1.165, 1.54) is 29.0 Å². The average molecular weight is 354 g/mol. The minimum absolute atomic E-state index is 0.0872. The van der Waals surface area contributed by atoms with Gasteiger partial charge in [0.2, 0.25) is 0 Å². The molecule has 0 spiro atoms. The summed E-state index contributed by atoms with van der Waals surface area (Å²) in [4.78, 5) is 23.3. The second kappa shape index (κ2) is 7.30. The number of nitrogens with zero attached hydrogens (tertiary/aromatic N) is 2. The van der Waals surface area contributed by atoms with E-state index in [4.69, 9.17) is 23.2 Å². The van der Waals surface area contributed by atoms with Gasteiger partial charge in [-0.25, -0.2) is 5.43 Å². The smallest absolute Gasteiger partial charge is 0.260 e. The molecule has 2 rings (SSSR count). The van der Waals surface area contributed by atoms with Gasteiger partial charge < -0.3 is 9.67 Å². The van der Waals surface area contributed by atoms with E-state index >= 15 is 0 Å². The van der Waals surface area contributed by atoms with E-state index in [0.29, 0.717) is 16.3 Å². The van der Waals surface area contributed by atoms with Gasteiger partial charge >= 0.3 is 0 Å². The molecule has 1 aromatic heterocycles. The normalized spacial score (nSPS) is 11.3. The molecule has 0 fully saturated rings. The molecular formula is C15H13Cl2N3O3. The molecular weight excluding hydrogens is 341 g/mol. The Hall–Kier alpha value is -2.31. The zero-order valence-electron chi connectivity index (χ0n) is 12.1. The van der Waals surface area contributed by atoms with Crippen molar-refractivity contribution in [2.75, 3.05) is 0 Å². The van der Waals surface area contributed by atoms with Crippen LogP contribution in [0.3, 0.4) is 0 Å². The number of aromatic nitrogens is 1. The highest BCUT2D eigenvalue weighted by molar-refractivity contribution is 6.36. The number of nitrogens with one attached hydrogen (secondary N) is 1. The minimum Gasteiger partial charge on any atom is -0.506 e. The van der Waals surface area contributed by atoms with Crippen LogP contribution in [0, 0.1) is 0 Å². The molecule has 0 aliphatic heterocycles. The van der Waals surface area contributed by atoms with Gasteiger partial charge in [0.25, 0.3) is 11.5 Å². The topological polar surface area (TPSA) is 83.7 Å². The predicted molar refractivity (Wildman–Crippen MR) is 89.2 cm³/mol. The van der Waals surface area contributed by atoms with Crippen molar-refractivity contribution in [3.63, 3.8) is 0 Å². The van der Waals surface area contributed by atoms with Crippen LogP contribution >= 0.6 is 23.2 Å². The Balaban J connectivity index is 2.12. The molecule has 0 radical (unpaired) electrons. The lowest BCUT2D eigenvalue weighted by Crippen LogP contribution is -2.29. The number of hydrogen-bond donors (Lipinski definition) is 2. The number of amides is 1. The van der Waals surface area contributed by atoms with Gasteiger partial charge in [0.05, 0.1) is 10.7 Å². The molecule has 0 atom stereocenters. The molecule has 1 amide bonds. The van der Waals surface area contributed by atoms with Gasteiger partial charge in [-0.3, -0.25) is 9.59 Å². The molecule has 120 valence electrons. The predicted octanol–water partition coefficient (Wildman–Crippen LogP) is 2.40. The first-order valence-electron chi connectivity index (χ1n) is 6.55. The number of phenols is 1. The van der Waals surface area contributed by atoms with Crippen LogP contribution in [0.25, 0.3) is 0 Å². The molecule has 1 aromatic carbocycles. The van der Waals surface area contributed by atoms with Gasteiger partial charge in [0, 0.05) is 22.8 Å². The number of rotatable bonds is 4. The lowest BCUT2D eigenvalue weighted by Gasteiger charge is -2.08. The molecule has 6 nitrogen and oxygen atoms in total. The van der Waals surface area contributed by atoms with Crippen molar-refractivity contribution in [1.29, 1.82) is 0 Å². The van der Waals surface area contributed by atoms with E-state index in [0.717, 1.165) is 0 Å². The summed E-state index contributed by atoms with van der Waals surface area (Å²) in [5.74, 6) is -0.656. The van der Waals surface area contributed by atoms with E-state index < -0.39 is 5.91 Å².